The second-order valence-electron chi connectivity index (χ2n) is 5.95. The molecule has 2 atom stereocenters. The molecule has 1 aromatic heterocycles. The van der Waals surface area contributed by atoms with Gasteiger partial charge >= 0.3 is 0 Å². The van der Waals surface area contributed by atoms with Crippen LogP contribution in [0.2, 0.25) is 0 Å². The Balaban J connectivity index is 2.08. The molecule has 1 aliphatic rings. The fourth-order valence-corrected chi connectivity index (χ4v) is 3.25. The number of nitrogens with two attached hydrogens (primary N) is 1. The molecule has 0 saturated heterocycles. The molecule has 1 aromatic carbocycles. The maximum atomic E-state index is 12.8. The van der Waals surface area contributed by atoms with E-state index in [1.165, 1.54) is 12.1 Å². The Hall–Kier alpha value is -1.91. The van der Waals surface area contributed by atoms with Gasteiger partial charge in [0, 0.05) is 23.6 Å². The molecule has 0 amide bonds. The Morgan fingerprint density at radius 1 is 1.33 bits per heavy atom. The van der Waals surface area contributed by atoms with E-state index in [0.29, 0.717) is 29.0 Å². The van der Waals surface area contributed by atoms with Crippen molar-refractivity contribution >= 4 is 5.82 Å². The number of fused-ring (bicyclic) bond motifs is 1. The van der Waals surface area contributed by atoms with E-state index in [1.807, 2.05) is 4.57 Å². The first kappa shape index (κ1) is 14.0. The van der Waals surface area contributed by atoms with E-state index >= 15 is 0 Å². The molecule has 2 heterocycles. The first-order chi connectivity index (χ1) is 9.97. The number of alkyl halides is 2. The van der Waals surface area contributed by atoms with Gasteiger partial charge < -0.3 is 10.3 Å². The van der Waals surface area contributed by atoms with Gasteiger partial charge in [0.05, 0.1) is 0 Å². The number of aromatic nitrogens is 2. The van der Waals surface area contributed by atoms with Crippen LogP contribution >= 0.6 is 0 Å². The van der Waals surface area contributed by atoms with Gasteiger partial charge in [0.15, 0.2) is 0 Å². The summed E-state index contributed by atoms with van der Waals surface area (Å²) in [6.45, 7) is 4.32. The Kier molecular flexibility index (Phi) is 3.43. The average Bonchev–Trinajstić information content (AvgIpc) is 2.76. The highest BCUT2D eigenvalue weighted by Gasteiger charge is 2.27. The van der Waals surface area contributed by atoms with Gasteiger partial charge in [0.1, 0.15) is 17.3 Å². The number of halogens is 2. The number of rotatable bonds is 2. The maximum Gasteiger partial charge on any atom is 0.263 e. The smallest absolute Gasteiger partial charge is 0.263 e. The number of anilines is 1. The molecular weight excluding hydrogens is 272 g/mol. The van der Waals surface area contributed by atoms with Gasteiger partial charge in [-0.2, -0.15) is 0 Å². The van der Waals surface area contributed by atoms with Crippen LogP contribution in [0.1, 0.15) is 44.1 Å². The molecule has 0 aliphatic carbocycles. The third-order valence-corrected chi connectivity index (χ3v) is 4.15. The summed E-state index contributed by atoms with van der Waals surface area (Å²) in [4.78, 5) is 4.61. The predicted molar refractivity (Wildman–Crippen MR) is 79.2 cm³/mol. The van der Waals surface area contributed by atoms with Crippen LogP contribution in [0, 0.1) is 5.92 Å². The van der Waals surface area contributed by atoms with Gasteiger partial charge in [-0.15, -0.1) is 0 Å². The SMILES string of the molecule is CC1Cc2nc(-c3cccc(C(F)F)c3)c(N)n2C(C)C1. The Morgan fingerprint density at radius 2 is 2.10 bits per heavy atom. The van der Waals surface area contributed by atoms with Crippen molar-refractivity contribution in [2.24, 2.45) is 5.92 Å². The van der Waals surface area contributed by atoms with Gasteiger partial charge in [-0.25, -0.2) is 13.8 Å². The molecule has 112 valence electrons. The molecule has 21 heavy (non-hydrogen) atoms. The van der Waals surface area contributed by atoms with Crippen molar-refractivity contribution in [1.29, 1.82) is 0 Å². The molecule has 0 fully saturated rings. The van der Waals surface area contributed by atoms with Crippen LogP contribution in [-0.2, 0) is 6.42 Å². The number of nitrogens with zero attached hydrogens (tertiary/aromatic N) is 2. The monoisotopic (exact) mass is 291 g/mol. The summed E-state index contributed by atoms with van der Waals surface area (Å²) in [6, 6.07) is 6.60. The van der Waals surface area contributed by atoms with Gasteiger partial charge in [-0.3, -0.25) is 0 Å². The third kappa shape index (κ3) is 2.41. The third-order valence-electron chi connectivity index (χ3n) is 4.15. The lowest BCUT2D eigenvalue weighted by Crippen LogP contribution is -2.22. The van der Waals surface area contributed by atoms with Crippen molar-refractivity contribution in [3.63, 3.8) is 0 Å². The van der Waals surface area contributed by atoms with E-state index < -0.39 is 6.43 Å². The lowest BCUT2D eigenvalue weighted by atomic mass is 9.95. The van der Waals surface area contributed by atoms with E-state index in [9.17, 15) is 8.78 Å². The molecule has 2 unspecified atom stereocenters. The number of hydrogen-bond donors (Lipinski definition) is 1. The van der Waals surface area contributed by atoms with Crippen molar-refractivity contribution in [2.75, 3.05) is 5.73 Å². The normalized spacial score (nSPS) is 21.6. The standard InChI is InChI=1S/C16H19F2N3/c1-9-6-10(2)21-13(7-9)20-14(16(21)19)11-4-3-5-12(8-11)15(17)18/h3-5,8-10,15H,6-7,19H2,1-2H3. The van der Waals surface area contributed by atoms with E-state index in [1.54, 1.807) is 12.1 Å². The van der Waals surface area contributed by atoms with Gasteiger partial charge in [-0.05, 0) is 25.3 Å². The Labute approximate surface area is 122 Å². The number of nitrogen functional groups attached to an aromatic ring is 1. The summed E-state index contributed by atoms with van der Waals surface area (Å²) < 4.78 is 27.7. The molecule has 0 spiro atoms. The minimum Gasteiger partial charge on any atom is -0.383 e. The van der Waals surface area contributed by atoms with Gasteiger partial charge in [0.25, 0.3) is 6.43 Å². The van der Waals surface area contributed by atoms with Crippen molar-refractivity contribution in [2.45, 2.75) is 39.2 Å². The zero-order valence-electron chi connectivity index (χ0n) is 12.2. The van der Waals surface area contributed by atoms with E-state index in [2.05, 4.69) is 18.8 Å². The van der Waals surface area contributed by atoms with Crippen molar-refractivity contribution in [3.8, 4) is 11.3 Å². The zero-order valence-corrected chi connectivity index (χ0v) is 12.2. The Bertz CT molecular complexity index is 664. The van der Waals surface area contributed by atoms with E-state index in [0.717, 1.165) is 18.7 Å². The minimum atomic E-state index is -2.48. The molecule has 3 nitrogen and oxygen atoms in total. The molecule has 1 aliphatic heterocycles. The molecule has 3 rings (SSSR count). The number of hydrogen-bond acceptors (Lipinski definition) is 2. The molecule has 0 bridgehead atoms. The summed E-state index contributed by atoms with van der Waals surface area (Å²) in [5.41, 5.74) is 7.51. The van der Waals surface area contributed by atoms with E-state index in [-0.39, 0.29) is 5.56 Å². The van der Waals surface area contributed by atoms with Crippen molar-refractivity contribution < 1.29 is 8.78 Å². The fraction of sp³-hybridized carbons (Fsp3) is 0.438. The summed E-state index contributed by atoms with van der Waals surface area (Å²) in [5.74, 6) is 2.10. The number of imidazole rings is 1. The lowest BCUT2D eigenvalue weighted by Gasteiger charge is -2.27. The van der Waals surface area contributed by atoms with Crippen molar-refractivity contribution in [3.05, 3.63) is 35.7 Å². The highest BCUT2D eigenvalue weighted by atomic mass is 19.3. The first-order valence-corrected chi connectivity index (χ1v) is 7.22. The van der Waals surface area contributed by atoms with Crippen LogP contribution in [0.5, 0.6) is 0 Å². The van der Waals surface area contributed by atoms with Gasteiger partial charge in [0.2, 0.25) is 0 Å². The number of benzene rings is 1. The maximum absolute atomic E-state index is 12.8. The molecule has 5 heteroatoms. The minimum absolute atomic E-state index is 0.000659. The van der Waals surface area contributed by atoms with Gasteiger partial charge in [-0.1, -0.05) is 25.1 Å². The quantitative estimate of drug-likeness (QED) is 0.900. The lowest BCUT2D eigenvalue weighted by molar-refractivity contribution is 0.151. The molecule has 2 N–H and O–H groups in total. The molecule has 0 saturated carbocycles. The van der Waals surface area contributed by atoms with Crippen LogP contribution in [0.3, 0.4) is 0 Å². The van der Waals surface area contributed by atoms with Crippen LogP contribution in [0.4, 0.5) is 14.6 Å². The predicted octanol–water partition coefficient (Wildman–Crippen LogP) is 4.21. The second kappa shape index (κ2) is 5.13. The Morgan fingerprint density at radius 3 is 2.81 bits per heavy atom. The van der Waals surface area contributed by atoms with Crippen LogP contribution in [0.15, 0.2) is 24.3 Å². The summed E-state index contributed by atoms with van der Waals surface area (Å²) >= 11 is 0. The van der Waals surface area contributed by atoms with E-state index in [4.69, 9.17) is 5.73 Å². The summed E-state index contributed by atoms with van der Waals surface area (Å²) in [7, 11) is 0. The average molecular weight is 291 g/mol. The van der Waals surface area contributed by atoms with Crippen LogP contribution in [0.25, 0.3) is 11.3 Å². The second-order valence-corrected chi connectivity index (χ2v) is 5.95. The fourth-order valence-electron chi connectivity index (χ4n) is 3.25. The largest absolute Gasteiger partial charge is 0.383 e. The first-order valence-electron chi connectivity index (χ1n) is 7.22. The summed E-state index contributed by atoms with van der Waals surface area (Å²) in [5, 5.41) is 0. The zero-order chi connectivity index (χ0) is 15.1. The highest BCUT2D eigenvalue weighted by molar-refractivity contribution is 5.71. The topological polar surface area (TPSA) is 43.8 Å². The highest BCUT2D eigenvalue weighted by Crippen LogP contribution is 2.36. The molecule has 2 aromatic rings. The van der Waals surface area contributed by atoms with Crippen LogP contribution in [-0.4, -0.2) is 9.55 Å². The van der Waals surface area contributed by atoms with Crippen LogP contribution < -0.4 is 5.73 Å². The summed E-state index contributed by atoms with van der Waals surface area (Å²) in [6.07, 6.45) is -0.546. The van der Waals surface area contributed by atoms with Crippen molar-refractivity contribution in [1.82, 2.24) is 9.55 Å². The molecule has 0 radical (unpaired) electrons. The molecular formula is C16H19F2N3.